The van der Waals surface area contributed by atoms with Gasteiger partial charge >= 0.3 is 5.97 Å². The van der Waals surface area contributed by atoms with E-state index in [9.17, 15) is 0 Å². The molecule has 0 N–H and O–H groups in total. The van der Waals surface area contributed by atoms with Crippen molar-refractivity contribution >= 4 is 0 Å². The molecule has 5 heteroatoms. The van der Waals surface area contributed by atoms with Gasteiger partial charge in [0.25, 0.3) is 0 Å². The van der Waals surface area contributed by atoms with Gasteiger partial charge in [-0.15, -0.1) is 0 Å². The van der Waals surface area contributed by atoms with Crippen molar-refractivity contribution in [3.63, 3.8) is 0 Å². The Bertz CT molecular complexity index is 903. The lowest BCUT2D eigenvalue weighted by Crippen LogP contribution is -2.49. The highest BCUT2D eigenvalue weighted by Gasteiger charge is 2.54. The van der Waals surface area contributed by atoms with Crippen LogP contribution in [-0.2, 0) is 43.5 Å². The fourth-order valence-corrected chi connectivity index (χ4v) is 3.59. The van der Waals surface area contributed by atoms with E-state index in [1.54, 1.807) is 7.11 Å². The molecule has 1 aliphatic heterocycles. The van der Waals surface area contributed by atoms with Crippen LogP contribution in [0.2, 0.25) is 0 Å². The van der Waals surface area contributed by atoms with E-state index in [0.717, 1.165) is 16.7 Å². The molecule has 31 heavy (non-hydrogen) atoms. The van der Waals surface area contributed by atoms with Crippen molar-refractivity contribution in [1.82, 2.24) is 0 Å². The van der Waals surface area contributed by atoms with Gasteiger partial charge in [-0.1, -0.05) is 91.0 Å². The van der Waals surface area contributed by atoms with Gasteiger partial charge in [-0.3, -0.25) is 0 Å². The minimum atomic E-state index is -1.34. The summed E-state index contributed by atoms with van der Waals surface area (Å²) in [6.45, 7) is 1.51. The molecule has 0 saturated carbocycles. The zero-order valence-electron chi connectivity index (χ0n) is 17.7. The first-order valence-corrected chi connectivity index (χ1v) is 10.5. The lowest BCUT2D eigenvalue weighted by Gasteiger charge is -2.33. The molecule has 1 fully saturated rings. The zero-order valence-corrected chi connectivity index (χ0v) is 17.7. The average molecular weight is 421 g/mol. The molecule has 1 heterocycles. The van der Waals surface area contributed by atoms with Crippen molar-refractivity contribution in [3.05, 3.63) is 108 Å². The maximum Gasteiger partial charge on any atom is 0.313 e. The molecule has 0 bridgehead atoms. The lowest BCUT2D eigenvalue weighted by atomic mass is 10.2. The average Bonchev–Trinajstić information content (AvgIpc) is 3.20. The molecular formula is C26H28O5. The molecular weight excluding hydrogens is 392 g/mol. The molecule has 0 spiro atoms. The first-order chi connectivity index (χ1) is 15.3. The molecule has 0 aromatic heterocycles. The van der Waals surface area contributed by atoms with Gasteiger partial charge in [-0.25, -0.2) is 0 Å². The van der Waals surface area contributed by atoms with Crippen LogP contribution in [0.5, 0.6) is 0 Å². The molecule has 0 aliphatic carbocycles. The highest BCUT2D eigenvalue weighted by molar-refractivity contribution is 5.15. The number of ether oxygens (including phenoxy) is 5. The van der Waals surface area contributed by atoms with E-state index in [4.69, 9.17) is 23.7 Å². The van der Waals surface area contributed by atoms with Crippen molar-refractivity contribution in [2.75, 3.05) is 13.7 Å². The second-order valence-corrected chi connectivity index (χ2v) is 7.45. The highest BCUT2D eigenvalue weighted by atomic mass is 16.9. The number of benzene rings is 3. The number of rotatable bonds is 10. The number of methoxy groups -OCH3 is 1. The summed E-state index contributed by atoms with van der Waals surface area (Å²) in [5, 5.41) is 0. The van der Waals surface area contributed by atoms with Crippen LogP contribution in [0.3, 0.4) is 0 Å². The third-order valence-electron chi connectivity index (χ3n) is 5.28. The Hall–Kier alpha value is -2.54. The molecule has 0 amide bonds. The molecule has 1 aliphatic rings. The van der Waals surface area contributed by atoms with Crippen LogP contribution in [0.25, 0.3) is 0 Å². The van der Waals surface area contributed by atoms with E-state index in [1.807, 2.05) is 91.0 Å². The van der Waals surface area contributed by atoms with E-state index in [-0.39, 0.29) is 6.10 Å². The zero-order chi connectivity index (χ0) is 21.4. The fourth-order valence-electron chi connectivity index (χ4n) is 3.59. The monoisotopic (exact) mass is 420 g/mol. The molecule has 3 aromatic carbocycles. The lowest BCUT2D eigenvalue weighted by molar-refractivity contribution is -0.389. The normalized spacial score (nSPS) is 23.1. The van der Waals surface area contributed by atoms with Crippen molar-refractivity contribution in [1.29, 1.82) is 0 Å². The van der Waals surface area contributed by atoms with Crippen molar-refractivity contribution in [3.8, 4) is 0 Å². The van der Waals surface area contributed by atoms with Gasteiger partial charge in [-0.05, 0) is 16.7 Å². The standard InChI is InChI=1S/C26H28O5/c1-27-26(30-19-23-15-9-4-10-16-23)25(29-18-22-13-7-3-8-14-22)24(20-31-26)28-17-21-11-5-2-6-12-21/h2-16,24-25H,17-20H2,1H3/t24-,25-,26-/m0/s1. The Balaban J connectivity index is 1.48. The second kappa shape index (κ2) is 10.7. The molecule has 3 aromatic rings. The van der Waals surface area contributed by atoms with Crippen LogP contribution in [0, 0.1) is 0 Å². The largest absolute Gasteiger partial charge is 0.368 e. The van der Waals surface area contributed by atoms with Gasteiger partial charge in [-0.2, -0.15) is 0 Å². The fraction of sp³-hybridized carbons (Fsp3) is 0.308. The smallest absolute Gasteiger partial charge is 0.313 e. The Morgan fingerprint density at radius 3 is 1.71 bits per heavy atom. The van der Waals surface area contributed by atoms with E-state index >= 15 is 0 Å². The van der Waals surface area contributed by atoms with Crippen molar-refractivity contribution in [2.24, 2.45) is 0 Å². The molecule has 0 radical (unpaired) electrons. The van der Waals surface area contributed by atoms with Crippen LogP contribution < -0.4 is 0 Å². The van der Waals surface area contributed by atoms with Crippen LogP contribution in [0.1, 0.15) is 16.7 Å². The topological polar surface area (TPSA) is 46.2 Å². The van der Waals surface area contributed by atoms with Crippen LogP contribution >= 0.6 is 0 Å². The Morgan fingerprint density at radius 1 is 0.710 bits per heavy atom. The second-order valence-electron chi connectivity index (χ2n) is 7.45. The summed E-state index contributed by atoms with van der Waals surface area (Å²) >= 11 is 0. The Kier molecular flexibility index (Phi) is 7.46. The van der Waals surface area contributed by atoms with Crippen molar-refractivity contribution in [2.45, 2.75) is 38.0 Å². The van der Waals surface area contributed by atoms with Gasteiger partial charge < -0.3 is 23.7 Å². The van der Waals surface area contributed by atoms with Gasteiger partial charge in [0.2, 0.25) is 0 Å². The van der Waals surface area contributed by atoms with E-state index in [2.05, 4.69) is 0 Å². The number of hydrogen-bond acceptors (Lipinski definition) is 5. The SMILES string of the molecule is CO[C@@]1(OCc2ccccc2)OC[C@H](OCc2ccccc2)[C@@H]1OCc1ccccc1. The quantitative estimate of drug-likeness (QED) is 0.445. The first-order valence-electron chi connectivity index (χ1n) is 10.5. The summed E-state index contributed by atoms with van der Waals surface area (Å²) in [6, 6.07) is 30.0. The predicted molar refractivity (Wildman–Crippen MR) is 117 cm³/mol. The summed E-state index contributed by atoms with van der Waals surface area (Å²) in [5.41, 5.74) is 3.17. The molecule has 0 unspecified atom stereocenters. The molecule has 162 valence electrons. The third kappa shape index (κ3) is 5.58. The van der Waals surface area contributed by atoms with Gasteiger partial charge in [0, 0.05) is 7.11 Å². The Labute approximate surface area is 183 Å². The molecule has 1 saturated heterocycles. The van der Waals surface area contributed by atoms with Gasteiger partial charge in [0.05, 0.1) is 26.4 Å². The maximum absolute atomic E-state index is 6.29. The highest BCUT2D eigenvalue weighted by Crippen LogP contribution is 2.35. The first kappa shape index (κ1) is 21.7. The molecule has 5 nitrogen and oxygen atoms in total. The summed E-state index contributed by atoms with van der Waals surface area (Å²) in [5.74, 6) is -1.34. The van der Waals surface area contributed by atoms with E-state index in [0.29, 0.717) is 26.4 Å². The van der Waals surface area contributed by atoms with E-state index < -0.39 is 12.1 Å². The van der Waals surface area contributed by atoms with E-state index in [1.165, 1.54) is 0 Å². The third-order valence-corrected chi connectivity index (χ3v) is 5.28. The number of hydrogen-bond donors (Lipinski definition) is 0. The minimum absolute atomic E-state index is 0.314. The minimum Gasteiger partial charge on any atom is -0.368 e. The molecule has 3 atom stereocenters. The summed E-state index contributed by atoms with van der Waals surface area (Å²) < 4.78 is 30.4. The van der Waals surface area contributed by atoms with Gasteiger partial charge in [0.1, 0.15) is 6.10 Å². The van der Waals surface area contributed by atoms with Crippen LogP contribution in [-0.4, -0.2) is 31.9 Å². The van der Waals surface area contributed by atoms with Gasteiger partial charge in [0.15, 0.2) is 6.10 Å². The van der Waals surface area contributed by atoms with Crippen molar-refractivity contribution < 1.29 is 23.7 Å². The summed E-state index contributed by atoms with van der Waals surface area (Å²) in [7, 11) is 1.57. The van der Waals surface area contributed by atoms with Crippen LogP contribution in [0.4, 0.5) is 0 Å². The Morgan fingerprint density at radius 2 is 1.19 bits per heavy atom. The summed E-state index contributed by atoms with van der Waals surface area (Å²) in [6.07, 6.45) is -0.884. The van der Waals surface area contributed by atoms with Crippen LogP contribution in [0.15, 0.2) is 91.0 Å². The maximum atomic E-state index is 6.29. The predicted octanol–water partition coefficient (Wildman–Crippen LogP) is 4.70. The summed E-state index contributed by atoms with van der Waals surface area (Å²) in [4.78, 5) is 0. The molecule has 4 rings (SSSR count).